The monoisotopic (exact) mass is 248 g/mol. The lowest BCUT2D eigenvalue weighted by Gasteiger charge is -2.19. The number of aliphatic hydroxyl groups excluding tert-OH is 1. The molecule has 0 spiro atoms. The highest BCUT2D eigenvalue weighted by Crippen LogP contribution is 2.58. The minimum Gasteiger partial charge on any atom is -0.389 e. The molecule has 94 valence electrons. The molecule has 0 saturated heterocycles. The molecule has 0 aliphatic heterocycles. The molecule has 4 nitrogen and oxygen atoms in total. The lowest BCUT2D eigenvalue weighted by atomic mass is 10.2. The molecule has 0 radical (unpaired) electrons. The van der Waals surface area contributed by atoms with E-state index in [2.05, 4.69) is 0 Å². The second kappa shape index (κ2) is 6.55. The quantitative estimate of drug-likeness (QED) is 0.760. The topological polar surface area (TPSA) is 55.8 Å². The van der Waals surface area contributed by atoms with E-state index in [1.165, 1.54) is 0 Å². The van der Waals surface area contributed by atoms with E-state index >= 15 is 0 Å². The summed E-state index contributed by atoms with van der Waals surface area (Å²) in [4.78, 5) is 0. The number of aliphatic hydroxyl groups is 1. The zero-order chi connectivity index (χ0) is 12.0. The van der Waals surface area contributed by atoms with Crippen molar-refractivity contribution in [3.63, 3.8) is 0 Å². The van der Waals surface area contributed by atoms with Crippen LogP contribution in [0.2, 0.25) is 0 Å². The summed E-state index contributed by atoms with van der Waals surface area (Å²) in [6.07, 6.45) is 4.41. The van der Waals surface area contributed by atoms with Gasteiger partial charge in [0.1, 0.15) is 0 Å². The predicted molar refractivity (Wildman–Crippen MR) is 63.4 cm³/mol. The third kappa shape index (κ3) is 3.70. The lowest BCUT2D eigenvalue weighted by Crippen LogP contribution is -2.03. The van der Waals surface area contributed by atoms with Crippen LogP contribution in [0.4, 0.5) is 0 Å². The molecule has 0 aromatic heterocycles. The highest BCUT2D eigenvalue weighted by molar-refractivity contribution is 7.58. The van der Waals surface area contributed by atoms with Crippen LogP contribution in [0.1, 0.15) is 39.5 Å². The van der Waals surface area contributed by atoms with Crippen LogP contribution in [-0.4, -0.2) is 24.4 Å². The molecule has 0 heterocycles. The molecule has 0 aromatic carbocycles. The Labute approximate surface area is 97.2 Å². The Kier molecular flexibility index (Phi) is 5.70. The molecule has 1 aliphatic carbocycles. The maximum atomic E-state index is 12.4. The van der Waals surface area contributed by atoms with Crippen LogP contribution in [-0.2, 0) is 13.6 Å². The van der Waals surface area contributed by atoms with E-state index in [9.17, 15) is 9.67 Å². The Morgan fingerprint density at radius 3 is 2.56 bits per heavy atom. The summed E-state index contributed by atoms with van der Waals surface area (Å²) in [5.74, 6) is 0. The van der Waals surface area contributed by atoms with E-state index in [0.29, 0.717) is 24.9 Å². The van der Waals surface area contributed by atoms with Gasteiger partial charge in [0.15, 0.2) is 0 Å². The molecule has 0 aromatic rings. The van der Waals surface area contributed by atoms with Crippen molar-refractivity contribution in [2.75, 3.05) is 13.2 Å². The zero-order valence-corrected chi connectivity index (χ0v) is 10.9. The van der Waals surface area contributed by atoms with Crippen molar-refractivity contribution in [1.29, 1.82) is 0 Å². The second-order valence-corrected chi connectivity index (χ2v) is 5.89. The van der Waals surface area contributed by atoms with Gasteiger partial charge in [-0.25, -0.2) is 0 Å². The van der Waals surface area contributed by atoms with Gasteiger partial charge in [-0.05, 0) is 39.2 Å². The average Bonchev–Trinajstić information content (AvgIpc) is 2.44. The molecule has 1 aliphatic rings. The first-order valence-electron chi connectivity index (χ1n) is 5.90. The standard InChI is InChI=1S/C11H21O4P/c1-3-14-16(13,15-4-2)11-8-6-5-7-10(12)9-11/h9-10,12H,3-8H2,1-2H3/t10-/m0/s1. The summed E-state index contributed by atoms with van der Waals surface area (Å²) in [6, 6.07) is 0. The molecule has 0 fully saturated rings. The largest absolute Gasteiger partial charge is 0.389 e. The van der Waals surface area contributed by atoms with Crippen LogP contribution in [0.15, 0.2) is 11.4 Å². The van der Waals surface area contributed by atoms with Crippen molar-refractivity contribution < 1.29 is 18.7 Å². The molecule has 1 rings (SSSR count). The normalized spacial score (nSPS) is 22.7. The average molecular weight is 248 g/mol. The molecule has 0 amide bonds. The summed E-state index contributed by atoms with van der Waals surface area (Å²) in [5, 5.41) is 10.3. The van der Waals surface area contributed by atoms with Crippen LogP contribution < -0.4 is 0 Å². The van der Waals surface area contributed by atoms with Gasteiger partial charge in [-0.3, -0.25) is 4.57 Å². The van der Waals surface area contributed by atoms with Gasteiger partial charge in [0, 0.05) is 5.31 Å². The minimum atomic E-state index is -3.16. The third-order valence-electron chi connectivity index (χ3n) is 2.52. The summed E-state index contributed by atoms with van der Waals surface area (Å²) in [5.41, 5.74) is 0. The van der Waals surface area contributed by atoms with Gasteiger partial charge in [0.25, 0.3) is 0 Å². The fraction of sp³-hybridized carbons (Fsp3) is 0.818. The fourth-order valence-corrected chi connectivity index (χ4v) is 3.69. The Morgan fingerprint density at radius 1 is 1.38 bits per heavy atom. The maximum Gasteiger partial charge on any atom is 0.357 e. The first-order valence-corrected chi connectivity index (χ1v) is 7.45. The molecule has 1 N–H and O–H groups in total. The van der Waals surface area contributed by atoms with Crippen LogP contribution in [0, 0.1) is 0 Å². The maximum absolute atomic E-state index is 12.4. The molecule has 0 saturated carbocycles. The summed E-state index contributed by atoms with van der Waals surface area (Å²) in [7, 11) is -3.16. The van der Waals surface area contributed by atoms with Gasteiger partial charge in [0.2, 0.25) is 0 Å². The van der Waals surface area contributed by atoms with E-state index in [4.69, 9.17) is 9.05 Å². The number of hydrogen-bond acceptors (Lipinski definition) is 4. The van der Waals surface area contributed by atoms with E-state index in [-0.39, 0.29) is 0 Å². The minimum absolute atomic E-state index is 0.352. The smallest absolute Gasteiger partial charge is 0.357 e. The molecule has 1 atom stereocenters. The summed E-state index contributed by atoms with van der Waals surface area (Å²) >= 11 is 0. The molecule has 16 heavy (non-hydrogen) atoms. The summed E-state index contributed by atoms with van der Waals surface area (Å²) in [6.45, 7) is 4.29. The van der Waals surface area contributed by atoms with Gasteiger partial charge in [-0.15, -0.1) is 0 Å². The van der Waals surface area contributed by atoms with Gasteiger partial charge in [0.05, 0.1) is 19.3 Å². The van der Waals surface area contributed by atoms with E-state index < -0.39 is 13.7 Å². The number of allylic oxidation sites excluding steroid dienone is 1. The van der Waals surface area contributed by atoms with Crippen LogP contribution in [0.25, 0.3) is 0 Å². The van der Waals surface area contributed by atoms with Crippen molar-refractivity contribution in [3.8, 4) is 0 Å². The zero-order valence-electron chi connectivity index (χ0n) is 10.0. The van der Waals surface area contributed by atoms with Crippen molar-refractivity contribution in [2.24, 2.45) is 0 Å². The Hall–Kier alpha value is -0.150. The van der Waals surface area contributed by atoms with Gasteiger partial charge >= 0.3 is 7.60 Å². The summed E-state index contributed by atoms with van der Waals surface area (Å²) < 4.78 is 23.0. The van der Waals surface area contributed by atoms with Crippen molar-refractivity contribution >= 4 is 7.60 Å². The number of rotatable bonds is 5. The molecule has 0 bridgehead atoms. The number of hydrogen-bond donors (Lipinski definition) is 1. The lowest BCUT2D eigenvalue weighted by molar-refractivity contribution is 0.209. The second-order valence-electron chi connectivity index (χ2n) is 3.80. The first-order chi connectivity index (χ1) is 7.62. The Bertz CT molecular complexity index is 278. The van der Waals surface area contributed by atoms with E-state index in [0.717, 1.165) is 19.3 Å². The van der Waals surface area contributed by atoms with Crippen LogP contribution in [0.3, 0.4) is 0 Å². The SMILES string of the molecule is CCOP(=O)(OCC)C1=C[C@@H](O)CCCC1. The predicted octanol–water partition coefficient (Wildman–Crippen LogP) is 3.07. The van der Waals surface area contributed by atoms with Gasteiger partial charge in [-0.2, -0.15) is 0 Å². The van der Waals surface area contributed by atoms with Gasteiger partial charge in [-0.1, -0.05) is 6.42 Å². The molecule has 5 heteroatoms. The third-order valence-corrected chi connectivity index (χ3v) is 4.79. The van der Waals surface area contributed by atoms with E-state index in [1.807, 2.05) is 0 Å². The van der Waals surface area contributed by atoms with Crippen LogP contribution >= 0.6 is 7.60 Å². The van der Waals surface area contributed by atoms with Crippen molar-refractivity contribution in [1.82, 2.24) is 0 Å². The highest BCUT2D eigenvalue weighted by atomic mass is 31.2. The Balaban J connectivity index is 2.87. The van der Waals surface area contributed by atoms with Crippen molar-refractivity contribution in [3.05, 3.63) is 11.4 Å². The van der Waals surface area contributed by atoms with Crippen LogP contribution in [0.5, 0.6) is 0 Å². The van der Waals surface area contributed by atoms with E-state index in [1.54, 1.807) is 19.9 Å². The molecule has 0 unspecified atom stereocenters. The molecular formula is C11H21O4P. The Morgan fingerprint density at radius 2 is 2.00 bits per heavy atom. The van der Waals surface area contributed by atoms with Gasteiger partial charge < -0.3 is 14.2 Å². The molecular weight excluding hydrogens is 227 g/mol. The fourth-order valence-electron chi connectivity index (χ4n) is 1.82. The highest BCUT2D eigenvalue weighted by Gasteiger charge is 2.30. The first kappa shape index (κ1) is 13.9. The van der Waals surface area contributed by atoms with Crippen molar-refractivity contribution in [2.45, 2.75) is 45.6 Å².